The zero-order valence-electron chi connectivity index (χ0n) is 12.0. The Balaban J connectivity index is 1.60. The third kappa shape index (κ3) is 3.72. The number of nitrogens with zero attached hydrogens (tertiary/aromatic N) is 2. The number of hydrogen-bond donors (Lipinski definition) is 2. The minimum Gasteiger partial charge on any atom is -0.481 e. The van der Waals surface area contributed by atoms with Crippen molar-refractivity contribution < 1.29 is 14.7 Å². The average molecular weight is 299 g/mol. The van der Waals surface area contributed by atoms with Crippen molar-refractivity contribution >= 4 is 17.6 Å². The molecule has 0 radical (unpaired) electrons. The predicted molar refractivity (Wildman–Crippen MR) is 80.7 cm³/mol. The van der Waals surface area contributed by atoms with Gasteiger partial charge in [-0.15, -0.1) is 0 Å². The van der Waals surface area contributed by atoms with Gasteiger partial charge in [0.2, 0.25) is 0 Å². The fourth-order valence-corrected chi connectivity index (χ4v) is 2.23. The van der Waals surface area contributed by atoms with Crippen LogP contribution in [0, 0.1) is 5.92 Å². The lowest BCUT2D eigenvalue weighted by atomic mass is 10.1. The summed E-state index contributed by atoms with van der Waals surface area (Å²) in [6.07, 6.45) is 5.78. The molecule has 0 saturated heterocycles. The van der Waals surface area contributed by atoms with E-state index in [-0.39, 0.29) is 12.3 Å². The lowest BCUT2D eigenvalue weighted by molar-refractivity contribution is -0.136. The van der Waals surface area contributed by atoms with Crippen LogP contribution in [0.15, 0.2) is 36.7 Å². The molecule has 1 heterocycles. The Bertz CT molecular complexity index is 687. The Morgan fingerprint density at radius 1 is 1.27 bits per heavy atom. The highest BCUT2D eigenvalue weighted by molar-refractivity contribution is 6.03. The lowest BCUT2D eigenvalue weighted by Crippen LogP contribution is -2.11. The van der Waals surface area contributed by atoms with Crippen LogP contribution in [-0.2, 0) is 17.8 Å². The van der Waals surface area contributed by atoms with Gasteiger partial charge in [-0.3, -0.25) is 14.3 Å². The molecule has 2 aromatic rings. The third-order valence-corrected chi connectivity index (χ3v) is 3.60. The van der Waals surface area contributed by atoms with Crippen LogP contribution in [0.25, 0.3) is 0 Å². The quantitative estimate of drug-likeness (QED) is 0.856. The average Bonchev–Trinajstić information content (AvgIpc) is 3.15. The fourth-order valence-electron chi connectivity index (χ4n) is 2.23. The van der Waals surface area contributed by atoms with E-state index >= 15 is 0 Å². The van der Waals surface area contributed by atoms with Gasteiger partial charge in [0, 0.05) is 18.4 Å². The number of carboxylic acids is 1. The summed E-state index contributed by atoms with van der Waals surface area (Å²) in [7, 11) is 0. The zero-order valence-corrected chi connectivity index (χ0v) is 12.0. The summed E-state index contributed by atoms with van der Waals surface area (Å²) in [5.74, 6) is -0.384. The molecule has 1 aliphatic rings. The summed E-state index contributed by atoms with van der Waals surface area (Å²) in [6.45, 7) is 0.872. The minimum absolute atomic E-state index is 0.0256. The molecule has 0 spiro atoms. The van der Waals surface area contributed by atoms with Gasteiger partial charge in [0.25, 0.3) is 5.91 Å². The van der Waals surface area contributed by atoms with Gasteiger partial charge < -0.3 is 10.4 Å². The van der Waals surface area contributed by atoms with Crippen LogP contribution in [0.2, 0.25) is 0 Å². The number of carboxylic acid groups (broad SMARTS) is 1. The molecule has 1 aromatic heterocycles. The molecule has 0 atom stereocenters. The fraction of sp³-hybridized carbons (Fsp3) is 0.312. The molecule has 1 fully saturated rings. The molecule has 1 amide bonds. The van der Waals surface area contributed by atoms with E-state index in [1.807, 2.05) is 4.68 Å². The van der Waals surface area contributed by atoms with Gasteiger partial charge in [0.15, 0.2) is 0 Å². The SMILES string of the molecule is O=C(O)Cc1ccc(NC(=O)c2cnn(CC3CC3)c2)cc1. The van der Waals surface area contributed by atoms with E-state index in [4.69, 9.17) is 5.11 Å². The number of carbonyl (C=O) groups is 2. The van der Waals surface area contributed by atoms with Gasteiger partial charge >= 0.3 is 5.97 Å². The highest BCUT2D eigenvalue weighted by Crippen LogP contribution is 2.30. The summed E-state index contributed by atoms with van der Waals surface area (Å²) in [5.41, 5.74) is 1.85. The van der Waals surface area contributed by atoms with Gasteiger partial charge in [-0.25, -0.2) is 0 Å². The predicted octanol–water partition coefficient (Wildman–Crippen LogP) is 2.17. The molecule has 0 aliphatic heterocycles. The molecule has 114 valence electrons. The second kappa shape index (κ2) is 6.01. The summed E-state index contributed by atoms with van der Waals surface area (Å²) in [6, 6.07) is 6.79. The maximum atomic E-state index is 12.1. The first-order valence-electron chi connectivity index (χ1n) is 7.25. The smallest absolute Gasteiger partial charge is 0.307 e. The Morgan fingerprint density at radius 2 is 2.00 bits per heavy atom. The standard InChI is InChI=1S/C16H17N3O3/c20-15(21)7-11-3-5-14(6-4-11)18-16(22)13-8-17-19(10-13)9-12-1-2-12/h3-6,8,10,12H,1-2,7,9H2,(H,18,22)(H,20,21). The number of aromatic nitrogens is 2. The summed E-state index contributed by atoms with van der Waals surface area (Å²) in [5, 5.41) is 15.7. The second-order valence-corrected chi connectivity index (χ2v) is 5.62. The Labute approximate surface area is 127 Å². The number of benzene rings is 1. The molecule has 6 nitrogen and oxygen atoms in total. The van der Waals surface area contributed by atoms with Gasteiger partial charge in [0.05, 0.1) is 18.2 Å². The van der Waals surface area contributed by atoms with Crippen molar-refractivity contribution in [3.63, 3.8) is 0 Å². The molecule has 0 bridgehead atoms. The molecule has 0 unspecified atom stereocenters. The number of aliphatic carboxylic acids is 1. The summed E-state index contributed by atoms with van der Waals surface area (Å²) < 4.78 is 1.81. The van der Waals surface area contributed by atoms with Crippen molar-refractivity contribution in [1.29, 1.82) is 0 Å². The molecule has 6 heteroatoms. The van der Waals surface area contributed by atoms with Crippen molar-refractivity contribution in [2.24, 2.45) is 5.92 Å². The van der Waals surface area contributed by atoms with Gasteiger partial charge in [-0.1, -0.05) is 12.1 Å². The highest BCUT2D eigenvalue weighted by atomic mass is 16.4. The highest BCUT2D eigenvalue weighted by Gasteiger charge is 2.22. The number of carbonyl (C=O) groups excluding carboxylic acids is 1. The van der Waals surface area contributed by atoms with Crippen molar-refractivity contribution in [1.82, 2.24) is 9.78 Å². The van der Waals surface area contributed by atoms with Crippen LogP contribution in [0.1, 0.15) is 28.8 Å². The maximum absolute atomic E-state index is 12.1. The first kappa shape index (κ1) is 14.3. The lowest BCUT2D eigenvalue weighted by Gasteiger charge is -2.04. The van der Waals surface area contributed by atoms with E-state index < -0.39 is 5.97 Å². The van der Waals surface area contributed by atoms with Crippen molar-refractivity contribution in [2.75, 3.05) is 5.32 Å². The third-order valence-electron chi connectivity index (χ3n) is 3.60. The first-order valence-corrected chi connectivity index (χ1v) is 7.25. The van der Waals surface area contributed by atoms with Crippen LogP contribution >= 0.6 is 0 Å². The van der Waals surface area contributed by atoms with Crippen LogP contribution < -0.4 is 5.32 Å². The number of rotatable bonds is 6. The van der Waals surface area contributed by atoms with Gasteiger partial charge in [-0.05, 0) is 36.5 Å². The molecule has 22 heavy (non-hydrogen) atoms. The van der Waals surface area contributed by atoms with E-state index in [1.165, 1.54) is 12.8 Å². The van der Waals surface area contributed by atoms with Crippen molar-refractivity contribution in [3.05, 3.63) is 47.8 Å². The van der Waals surface area contributed by atoms with Crippen molar-refractivity contribution in [2.45, 2.75) is 25.8 Å². The normalized spacial score (nSPS) is 13.8. The number of amides is 1. The second-order valence-electron chi connectivity index (χ2n) is 5.62. The maximum Gasteiger partial charge on any atom is 0.307 e. The zero-order chi connectivity index (χ0) is 15.5. The van der Waals surface area contributed by atoms with E-state index in [9.17, 15) is 9.59 Å². The summed E-state index contributed by atoms with van der Waals surface area (Å²) in [4.78, 5) is 22.8. The van der Waals surface area contributed by atoms with E-state index in [1.54, 1.807) is 36.7 Å². The number of nitrogens with one attached hydrogen (secondary N) is 1. The summed E-state index contributed by atoms with van der Waals surface area (Å²) >= 11 is 0. The number of anilines is 1. The number of hydrogen-bond acceptors (Lipinski definition) is 3. The molecule has 1 aliphatic carbocycles. The molecule has 2 N–H and O–H groups in total. The minimum atomic E-state index is -0.875. The molecule has 1 saturated carbocycles. The van der Waals surface area contributed by atoms with E-state index in [2.05, 4.69) is 10.4 Å². The Morgan fingerprint density at radius 3 is 2.64 bits per heavy atom. The molecule has 1 aromatic carbocycles. The van der Waals surface area contributed by atoms with Gasteiger partial charge in [-0.2, -0.15) is 5.10 Å². The van der Waals surface area contributed by atoms with Crippen LogP contribution in [-0.4, -0.2) is 26.8 Å². The van der Waals surface area contributed by atoms with Crippen LogP contribution in [0.5, 0.6) is 0 Å². The first-order chi connectivity index (χ1) is 10.6. The Hall–Kier alpha value is -2.63. The topological polar surface area (TPSA) is 84.2 Å². The van der Waals surface area contributed by atoms with E-state index in [0.717, 1.165) is 6.54 Å². The Kier molecular flexibility index (Phi) is 3.91. The van der Waals surface area contributed by atoms with Crippen LogP contribution in [0.4, 0.5) is 5.69 Å². The van der Waals surface area contributed by atoms with E-state index in [0.29, 0.717) is 22.7 Å². The molecule has 3 rings (SSSR count). The van der Waals surface area contributed by atoms with Gasteiger partial charge in [0.1, 0.15) is 0 Å². The van der Waals surface area contributed by atoms with Crippen molar-refractivity contribution in [3.8, 4) is 0 Å². The molecular formula is C16H17N3O3. The van der Waals surface area contributed by atoms with Crippen LogP contribution in [0.3, 0.4) is 0 Å². The largest absolute Gasteiger partial charge is 0.481 e. The molecular weight excluding hydrogens is 282 g/mol. The monoisotopic (exact) mass is 299 g/mol.